The minimum absolute atomic E-state index is 1.02. The first-order valence-electron chi connectivity index (χ1n) is 14.3. The minimum Gasteiger partial charge on any atom is -0.0654 e. The van der Waals surface area contributed by atoms with E-state index in [-0.39, 0.29) is 0 Å². The standard InChI is InChI=1S/C29H60/c1-4-7-9-11-13-15-16-17-18-20-22-24-26-28-29(6-3)27-25-23-21-19-14-12-10-8-5-2/h29H,4-28H2,1-3H3. The Bertz CT molecular complexity index is 269. The second kappa shape index (κ2) is 26.0. The lowest BCUT2D eigenvalue weighted by atomic mass is 9.92. The monoisotopic (exact) mass is 408 g/mol. The van der Waals surface area contributed by atoms with Crippen LogP contribution in [0.25, 0.3) is 0 Å². The van der Waals surface area contributed by atoms with Crippen LogP contribution in [0, 0.1) is 5.92 Å². The van der Waals surface area contributed by atoms with Gasteiger partial charge < -0.3 is 0 Å². The SMILES string of the molecule is CCCCCCCCCCCCCCCC(CC)CCCCCCCCCCC. The summed E-state index contributed by atoms with van der Waals surface area (Å²) < 4.78 is 0. The zero-order valence-corrected chi connectivity index (χ0v) is 21.3. The zero-order valence-electron chi connectivity index (χ0n) is 21.3. The molecule has 176 valence electrons. The van der Waals surface area contributed by atoms with Crippen molar-refractivity contribution in [3.05, 3.63) is 0 Å². The molecule has 0 rings (SSSR count). The van der Waals surface area contributed by atoms with Gasteiger partial charge in [0, 0.05) is 0 Å². The first-order valence-corrected chi connectivity index (χ1v) is 14.3. The Labute approximate surface area is 187 Å². The molecular weight excluding hydrogens is 348 g/mol. The number of rotatable bonds is 25. The topological polar surface area (TPSA) is 0 Å². The molecule has 0 fully saturated rings. The molecule has 0 saturated carbocycles. The molecule has 0 radical (unpaired) electrons. The maximum atomic E-state index is 2.42. The third-order valence-corrected chi connectivity index (χ3v) is 7.01. The van der Waals surface area contributed by atoms with Crippen LogP contribution in [-0.4, -0.2) is 0 Å². The van der Waals surface area contributed by atoms with Crippen LogP contribution in [0.2, 0.25) is 0 Å². The Morgan fingerprint density at radius 3 is 0.793 bits per heavy atom. The van der Waals surface area contributed by atoms with Crippen LogP contribution in [0.3, 0.4) is 0 Å². The highest BCUT2D eigenvalue weighted by Gasteiger charge is 2.06. The highest BCUT2D eigenvalue weighted by Crippen LogP contribution is 2.22. The molecule has 0 aliphatic rings. The molecular formula is C29H60. The molecule has 0 heterocycles. The molecule has 1 atom stereocenters. The van der Waals surface area contributed by atoms with Crippen molar-refractivity contribution in [1.29, 1.82) is 0 Å². The molecule has 29 heavy (non-hydrogen) atoms. The van der Waals surface area contributed by atoms with Gasteiger partial charge in [0.05, 0.1) is 0 Å². The van der Waals surface area contributed by atoms with E-state index in [2.05, 4.69) is 20.8 Å². The highest BCUT2D eigenvalue weighted by molar-refractivity contribution is 4.59. The summed E-state index contributed by atoms with van der Waals surface area (Å²) in [6, 6.07) is 0. The lowest BCUT2D eigenvalue weighted by Gasteiger charge is -2.14. The van der Waals surface area contributed by atoms with E-state index in [9.17, 15) is 0 Å². The quantitative estimate of drug-likeness (QED) is 0.132. The summed E-state index contributed by atoms with van der Waals surface area (Å²) in [5, 5.41) is 0. The van der Waals surface area contributed by atoms with Gasteiger partial charge in [-0.3, -0.25) is 0 Å². The van der Waals surface area contributed by atoms with Crippen LogP contribution in [-0.2, 0) is 0 Å². The molecule has 0 aliphatic carbocycles. The first-order chi connectivity index (χ1) is 14.3. The van der Waals surface area contributed by atoms with Gasteiger partial charge in [-0.15, -0.1) is 0 Å². The summed E-state index contributed by atoms with van der Waals surface area (Å²) in [4.78, 5) is 0. The number of unbranched alkanes of at least 4 members (excludes halogenated alkanes) is 20. The maximum absolute atomic E-state index is 2.42. The van der Waals surface area contributed by atoms with Crippen LogP contribution in [0.15, 0.2) is 0 Å². The second-order valence-corrected chi connectivity index (χ2v) is 9.92. The van der Waals surface area contributed by atoms with Crippen molar-refractivity contribution in [1.82, 2.24) is 0 Å². The van der Waals surface area contributed by atoms with Gasteiger partial charge in [0.15, 0.2) is 0 Å². The van der Waals surface area contributed by atoms with Crippen molar-refractivity contribution in [2.75, 3.05) is 0 Å². The van der Waals surface area contributed by atoms with Gasteiger partial charge in [0.25, 0.3) is 0 Å². The zero-order chi connectivity index (χ0) is 21.3. The van der Waals surface area contributed by atoms with Crippen molar-refractivity contribution in [3.63, 3.8) is 0 Å². The van der Waals surface area contributed by atoms with Crippen LogP contribution in [0.4, 0.5) is 0 Å². The van der Waals surface area contributed by atoms with Gasteiger partial charge in [-0.2, -0.15) is 0 Å². The average Bonchev–Trinajstić information content (AvgIpc) is 2.74. The Balaban J connectivity index is 3.26. The van der Waals surface area contributed by atoms with E-state index in [0.717, 1.165) is 5.92 Å². The van der Waals surface area contributed by atoms with Crippen LogP contribution in [0.5, 0.6) is 0 Å². The fourth-order valence-electron chi connectivity index (χ4n) is 4.75. The molecule has 0 aromatic heterocycles. The van der Waals surface area contributed by atoms with E-state index >= 15 is 0 Å². The summed E-state index contributed by atoms with van der Waals surface area (Å²) >= 11 is 0. The smallest absolute Gasteiger partial charge is 0.0417 e. The third kappa shape index (κ3) is 24.1. The van der Waals surface area contributed by atoms with Crippen molar-refractivity contribution < 1.29 is 0 Å². The van der Waals surface area contributed by atoms with E-state index in [1.54, 1.807) is 0 Å². The number of hydrogen-bond donors (Lipinski definition) is 0. The molecule has 0 aromatic carbocycles. The maximum Gasteiger partial charge on any atom is -0.0417 e. The van der Waals surface area contributed by atoms with E-state index in [0.29, 0.717) is 0 Å². The van der Waals surface area contributed by atoms with Crippen LogP contribution >= 0.6 is 0 Å². The van der Waals surface area contributed by atoms with Crippen molar-refractivity contribution in [2.45, 2.75) is 181 Å². The van der Waals surface area contributed by atoms with E-state index < -0.39 is 0 Å². The lowest BCUT2D eigenvalue weighted by Crippen LogP contribution is -1.99. The summed E-state index contributed by atoms with van der Waals surface area (Å²) in [5.74, 6) is 1.02. The van der Waals surface area contributed by atoms with Gasteiger partial charge >= 0.3 is 0 Å². The molecule has 1 unspecified atom stereocenters. The third-order valence-electron chi connectivity index (χ3n) is 7.01. The van der Waals surface area contributed by atoms with E-state index in [1.165, 1.54) is 161 Å². The Morgan fingerprint density at radius 2 is 0.552 bits per heavy atom. The number of hydrogen-bond acceptors (Lipinski definition) is 0. The predicted octanol–water partition coefficient (Wildman–Crippen LogP) is 11.4. The average molecular weight is 409 g/mol. The van der Waals surface area contributed by atoms with Crippen molar-refractivity contribution in [3.8, 4) is 0 Å². The molecule has 0 nitrogen and oxygen atoms in total. The molecule has 0 bridgehead atoms. The molecule has 0 amide bonds. The second-order valence-electron chi connectivity index (χ2n) is 9.92. The van der Waals surface area contributed by atoms with Crippen LogP contribution < -0.4 is 0 Å². The van der Waals surface area contributed by atoms with E-state index in [4.69, 9.17) is 0 Å². The fraction of sp³-hybridized carbons (Fsp3) is 1.00. The summed E-state index contributed by atoms with van der Waals surface area (Å²) in [7, 11) is 0. The van der Waals surface area contributed by atoms with Gasteiger partial charge in [-0.1, -0.05) is 181 Å². The molecule has 0 aromatic rings. The van der Waals surface area contributed by atoms with Gasteiger partial charge in [0.1, 0.15) is 0 Å². The predicted molar refractivity (Wildman–Crippen MR) is 136 cm³/mol. The van der Waals surface area contributed by atoms with Crippen molar-refractivity contribution >= 4 is 0 Å². The first kappa shape index (κ1) is 29.0. The lowest BCUT2D eigenvalue weighted by molar-refractivity contribution is 0.392. The highest BCUT2D eigenvalue weighted by atomic mass is 14.1. The Hall–Kier alpha value is 0. The molecule has 0 heteroatoms. The molecule has 0 N–H and O–H groups in total. The van der Waals surface area contributed by atoms with Gasteiger partial charge in [-0.05, 0) is 5.92 Å². The molecule has 0 spiro atoms. The Kier molecular flexibility index (Phi) is 26.0. The van der Waals surface area contributed by atoms with Crippen molar-refractivity contribution in [2.24, 2.45) is 5.92 Å². The summed E-state index contributed by atoms with van der Waals surface area (Å²) in [6.07, 6.45) is 36.8. The fourth-order valence-corrected chi connectivity index (χ4v) is 4.75. The Morgan fingerprint density at radius 1 is 0.310 bits per heavy atom. The summed E-state index contributed by atoms with van der Waals surface area (Å²) in [5.41, 5.74) is 0. The van der Waals surface area contributed by atoms with Gasteiger partial charge in [-0.25, -0.2) is 0 Å². The van der Waals surface area contributed by atoms with Gasteiger partial charge in [0.2, 0.25) is 0 Å². The molecule has 0 saturated heterocycles. The summed E-state index contributed by atoms with van der Waals surface area (Å²) in [6.45, 7) is 7.03. The normalized spacial score (nSPS) is 12.5. The molecule has 0 aliphatic heterocycles. The largest absolute Gasteiger partial charge is 0.0654 e. The minimum atomic E-state index is 1.02. The van der Waals surface area contributed by atoms with Crippen LogP contribution in [0.1, 0.15) is 181 Å². The van der Waals surface area contributed by atoms with E-state index in [1.807, 2.05) is 0 Å².